The Hall–Kier alpha value is -2.94. The number of piperazine rings is 1. The molecule has 1 aromatic rings. The lowest BCUT2D eigenvalue weighted by Crippen LogP contribution is -2.54. The molecule has 1 atom stereocenters. The molecular formula is C25H33FN4O4. The normalized spacial score (nSPS) is 21.9. The molecule has 4 rings (SSSR count). The number of amides is 3. The molecule has 184 valence electrons. The zero-order chi connectivity index (χ0) is 24.2. The molecule has 3 aliphatic rings. The molecular weight excluding hydrogens is 439 g/mol. The highest BCUT2D eigenvalue weighted by molar-refractivity contribution is 5.95. The summed E-state index contributed by atoms with van der Waals surface area (Å²) in [5, 5.41) is 2.86. The molecule has 1 saturated carbocycles. The molecule has 34 heavy (non-hydrogen) atoms. The van der Waals surface area contributed by atoms with Crippen LogP contribution in [0.4, 0.5) is 9.18 Å². The van der Waals surface area contributed by atoms with Crippen molar-refractivity contribution >= 4 is 17.9 Å². The summed E-state index contributed by atoms with van der Waals surface area (Å²) in [4.78, 5) is 44.4. The third kappa shape index (κ3) is 4.94. The van der Waals surface area contributed by atoms with E-state index in [-0.39, 0.29) is 24.5 Å². The minimum absolute atomic E-state index is 0.175. The summed E-state index contributed by atoms with van der Waals surface area (Å²) in [7, 11) is 0. The Morgan fingerprint density at radius 1 is 1.15 bits per heavy atom. The number of urea groups is 1. The summed E-state index contributed by atoms with van der Waals surface area (Å²) in [6, 6.07) is 4.76. The first kappa shape index (κ1) is 24.2. The molecule has 0 bridgehead atoms. The lowest BCUT2D eigenvalue weighted by molar-refractivity contribution is -0.140. The van der Waals surface area contributed by atoms with Crippen molar-refractivity contribution < 1.29 is 23.5 Å². The summed E-state index contributed by atoms with van der Waals surface area (Å²) in [6.07, 6.45) is 3.09. The maximum Gasteiger partial charge on any atom is 0.338 e. The molecule has 0 aromatic heterocycles. The van der Waals surface area contributed by atoms with Gasteiger partial charge in [-0.1, -0.05) is 18.6 Å². The summed E-state index contributed by atoms with van der Waals surface area (Å²) >= 11 is 0. The van der Waals surface area contributed by atoms with Crippen molar-refractivity contribution in [2.24, 2.45) is 5.92 Å². The number of nitrogens with one attached hydrogen (secondary N) is 1. The zero-order valence-corrected chi connectivity index (χ0v) is 19.9. The van der Waals surface area contributed by atoms with Gasteiger partial charge in [-0.3, -0.25) is 14.6 Å². The van der Waals surface area contributed by atoms with Gasteiger partial charge in [0.2, 0.25) is 5.91 Å². The fraction of sp³-hybridized carbons (Fsp3) is 0.560. The number of benzene rings is 1. The van der Waals surface area contributed by atoms with E-state index in [0.717, 1.165) is 19.3 Å². The van der Waals surface area contributed by atoms with Crippen molar-refractivity contribution in [3.8, 4) is 0 Å². The highest BCUT2D eigenvalue weighted by atomic mass is 19.1. The predicted molar refractivity (Wildman–Crippen MR) is 124 cm³/mol. The minimum atomic E-state index is -0.804. The monoisotopic (exact) mass is 472 g/mol. The van der Waals surface area contributed by atoms with Crippen molar-refractivity contribution in [3.05, 3.63) is 46.9 Å². The van der Waals surface area contributed by atoms with Crippen molar-refractivity contribution in [2.45, 2.75) is 39.2 Å². The number of rotatable bonds is 7. The van der Waals surface area contributed by atoms with Crippen LogP contribution in [-0.4, -0.2) is 78.5 Å². The predicted octanol–water partition coefficient (Wildman–Crippen LogP) is 2.67. The van der Waals surface area contributed by atoms with Crippen LogP contribution in [0.25, 0.3) is 0 Å². The van der Waals surface area contributed by atoms with E-state index < -0.39 is 17.8 Å². The fourth-order valence-electron chi connectivity index (χ4n) is 4.85. The van der Waals surface area contributed by atoms with Crippen LogP contribution in [0.3, 0.4) is 0 Å². The van der Waals surface area contributed by atoms with E-state index in [1.807, 2.05) is 11.8 Å². The van der Waals surface area contributed by atoms with Crippen LogP contribution in [0.2, 0.25) is 0 Å². The van der Waals surface area contributed by atoms with Gasteiger partial charge in [0.25, 0.3) is 0 Å². The van der Waals surface area contributed by atoms with E-state index in [2.05, 4.69) is 10.2 Å². The number of hydrogen-bond donors (Lipinski definition) is 1. The fourth-order valence-corrected chi connectivity index (χ4v) is 4.85. The molecule has 2 aliphatic heterocycles. The van der Waals surface area contributed by atoms with Gasteiger partial charge in [0, 0.05) is 50.9 Å². The number of carbonyl (C=O) groups is 3. The van der Waals surface area contributed by atoms with Crippen molar-refractivity contribution in [3.63, 3.8) is 0 Å². The first-order chi connectivity index (χ1) is 16.4. The van der Waals surface area contributed by atoms with Gasteiger partial charge in [0.15, 0.2) is 0 Å². The first-order valence-electron chi connectivity index (χ1n) is 12.2. The van der Waals surface area contributed by atoms with Gasteiger partial charge in [0.1, 0.15) is 5.82 Å². The summed E-state index contributed by atoms with van der Waals surface area (Å²) < 4.78 is 19.4. The van der Waals surface area contributed by atoms with Crippen LogP contribution in [-0.2, 0) is 14.3 Å². The summed E-state index contributed by atoms with van der Waals surface area (Å²) in [5.41, 5.74) is 1.38. The van der Waals surface area contributed by atoms with E-state index in [0.29, 0.717) is 56.1 Å². The number of nitrogens with zero attached hydrogens (tertiary/aromatic N) is 3. The average molecular weight is 473 g/mol. The van der Waals surface area contributed by atoms with Gasteiger partial charge in [0.05, 0.1) is 18.2 Å². The largest absolute Gasteiger partial charge is 0.463 e. The van der Waals surface area contributed by atoms with E-state index in [1.165, 1.54) is 12.1 Å². The van der Waals surface area contributed by atoms with Crippen LogP contribution in [0.15, 0.2) is 35.5 Å². The van der Waals surface area contributed by atoms with Gasteiger partial charge >= 0.3 is 12.0 Å². The minimum Gasteiger partial charge on any atom is -0.463 e. The quantitative estimate of drug-likeness (QED) is 0.617. The highest BCUT2D eigenvalue weighted by Crippen LogP contribution is 2.33. The first-order valence-corrected chi connectivity index (χ1v) is 12.2. The average Bonchev–Trinajstić information content (AvgIpc) is 2.78. The SMILES string of the molecule is CCOC(=O)C1=C(CN2CCN(C(=O)C3CCC3)CC2)N(CC)C(=O)N[C@H]1c1cccc(F)c1. The maximum absolute atomic E-state index is 14.0. The van der Waals surface area contributed by atoms with Crippen molar-refractivity contribution in [2.75, 3.05) is 45.9 Å². The lowest BCUT2D eigenvalue weighted by Gasteiger charge is -2.41. The van der Waals surface area contributed by atoms with Crippen molar-refractivity contribution in [1.29, 1.82) is 0 Å². The van der Waals surface area contributed by atoms with Crippen LogP contribution >= 0.6 is 0 Å². The molecule has 8 nitrogen and oxygen atoms in total. The lowest BCUT2D eigenvalue weighted by atomic mass is 9.84. The van der Waals surface area contributed by atoms with Gasteiger partial charge in [-0.2, -0.15) is 0 Å². The third-order valence-corrected chi connectivity index (χ3v) is 6.94. The molecule has 9 heteroatoms. The van der Waals surface area contributed by atoms with E-state index in [9.17, 15) is 18.8 Å². The smallest absolute Gasteiger partial charge is 0.338 e. The second kappa shape index (κ2) is 10.5. The Morgan fingerprint density at radius 2 is 1.88 bits per heavy atom. The topological polar surface area (TPSA) is 82.2 Å². The molecule has 3 amide bonds. The Labute approximate surface area is 199 Å². The Morgan fingerprint density at radius 3 is 2.47 bits per heavy atom. The van der Waals surface area contributed by atoms with Gasteiger partial charge in [-0.25, -0.2) is 14.0 Å². The van der Waals surface area contributed by atoms with E-state index in [1.54, 1.807) is 24.0 Å². The molecule has 0 radical (unpaired) electrons. The van der Waals surface area contributed by atoms with Crippen LogP contribution < -0.4 is 5.32 Å². The number of likely N-dealkylation sites (N-methyl/N-ethyl adjacent to an activating group) is 1. The molecule has 1 aromatic carbocycles. The maximum atomic E-state index is 14.0. The standard InChI is InChI=1S/C25H33FN4O4/c1-3-30-20(16-28-11-13-29(14-12-28)23(31)17-7-5-8-17)21(24(32)34-4-2)22(27-25(30)33)18-9-6-10-19(26)15-18/h6,9-10,15,17,22H,3-5,7-8,11-14,16H2,1-2H3,(H,27,33)/t22-/m0/s1. The van der Waals surface area contributed by atoms with Gasteiger partial charge in [-0.05, 0) is 44.4 Å². The molecule has 2 fully saturated rings. The Kier molecular flexibility index (Phi) is 7.50. The zero-order valence-electron chi connectivity index (χ0n) is 19.9. The second-order valence-corrected chi connectivity index (χ2v) is 8.99. The number of esters is 1. The second-order valence-electron chi connectivity index (χ2n) is 8.99. The highest BCUT2D eigenvalue weighted by Gasteiger charge is 2.39. The molecule has 1 saturated heterocycles. The third-order valence-electron chi connectivity index (χ3n) is 6.94. The summed E-state index contributed by atoms with van der Waals surface area (Å²) in [6.45, 7) is 7.07. The van der Waals surface area contributed by atoms with Crippen LogP contribution in [0.5, 0.6) is 0 Å². The number of ether oxygens (including phenoxy) is 1. The number of carbonyl (C=O) groups excluding carboxylic acids is 3. The van der Waals surface area contributed by atoms with Crippen LogP contribution in [0.1, 0.15) is 44.7 Å². The molecule has 0 spiro atoms. The molecule has 1 N–H and O–H groups in total. The number of hydrogen-bond acceptors (Lipinski definition) is 5. The number of halogens is 1. The van der Waals surface area contributed by atoms with Crippen molar-refractivity contribution in [1.82, 2.24) is 20.0 Å². The molecule has 2 heterocycles. The van der Waals surface area contributed by atoms with Gasteiger partial charge in [-0.15, -0.1) is 0 Å². The molecule has 1 aliphatic carbocycles. The van der Waals surface area contributed by atoms with E-state index >= 15 is 0 Å². The van der Waals surface area contributed by atoms with Crippen LogP contribution in [0, 0.1) is 11.7 Å². The van der Waals surface area contributed by atoms with E-state index in [4.69, 9.17) is 4.74 Å². The van der Waals surface area contributed by atoms with Gasteiger partial charge < -0.3 is 15.0 Å². The Balaban J connectivity index is 1.61. The summed E-state index contributed by atoms with van der Waals surface area (Å²) in [5.74, 6) is -0.546. The Bertz CT molecular complexity index is 969. The molecule has 0 unspecified atom stereocenters.